The highest BCUT2D eigenvalue weighted by atomic mass is 15.1. The van der Waals surface area contributed by atoms with Gasteiger partial charge in [0.05, 0.1) is 0 Å². The maximum Gasteiger partial charge on any atom is 0.121 e. The number of hydrogen-bond acceptors (Lipinski definition) is 2. The van der Waals surface area contributed by atoms with Crippen LogP contribution in [0.25, 0.3) is 44.7 Å². The van der Waals surface area contributed by atoms with Gasteiger partial charge >= 0.3 is 0 Å². The van der Waals surface area contributed by atoms with Crippen LogP contribution in [0, 0.1) is 0 Å². The van der Waals surface area contributed by atoms with Gasteiger partial charge in [0.1, 0.15) is 6.17 Å². The molecule has 1 aliphatic rings. The van der Waals surface area contributed by atoms with Crippen molar-refractivity contribution in [2.75, 3.05) is 0 Å². The summed E-state index contributed by atoms with van der Waals surface area (Å²) in [5, 5.41) is 8.80. The minimum absolute atomic E-state index is 0.188. The van der Waals surface area contributed by atoms with Crippen LogP contribution in [0.2, 0.25) is 0 Å². The molecule has 0 fully saturated rings. The maximum atomic E-state index is 4.47. The lowest BCUT2D eigenvalue weighted by Crippen LogP contribution is -2.27. The third-order valence-corrected chi connectivity index (χ3v) is 9.59. The van der Waals surface area contributed by atoms with Crippen molar-refractivity contribution in [1.82, 2.24) is 5.32 Å². The summed E-state index contributed by atoms with van der Waals surface area (Å²) in [6.07, 6.45) is 13.7. The second-order valence-corrected chi connectivity index (χ2v) is 12.8. The van der Waals surface area contributed by atoms with Gasteiger partial charge in [0.15, 0.2) is 0 Å². The summed E-state index contributed by atoms with van der Waals surface area (Å²) in [6, 6.07) is 39.2. The van der Waals surface area contributed by atoms with Gasteiger partial charge in [-0.05, 0) is 117 Å². The molecule has 1 N–H and O–H groups in total. The van der Waals surface area contributed by atoms with E-state index in [1.807, 2.05) is 12.1 Å². The smallest absolute Gasteiger partial charge is 0.121 e. The Morgan fingerprint density at radius 3 is 2.20 bits per heavy atom. The van der Waals surface area contributed by atoms with E-state index in [9.17, 15) is 0 Å². The summed E-state index contributed by atoms with van der Waals surface area (Å²) in [5.74, 6) is 0. The van der Waals surface area contributed by atoms with Crippen molar-refractivity contribution < 1.29 is 0 Å². The Morgan fingerprint density at radius 1 is 0.776 bits per heavy atom. The Hall–Kier alpha value is -5.31. The van der Waals surface area contributed by atoms with E-state index >= 15 is 0 Å². The molecule has 0 saturated heterocycles. The zero-order valence-corrected chi connectivity index (χ0v) is 29.0. The summed E-state index contributed by atoms with van der Waals surface area (Å²) in [7, 11) is 0. The second-order valence-electron chi connectivity index (χ2n) is 12.8. The first-order chi connectivity index (χ1) is 24.0. The van der Waals surface area contributed by atoms with E-state index < -0.39 is 0 Å². The zero-order chi connectivity index (χ0) is 34.2. The first-order valence-electron chi connectivity index (χ1n) is 17.4. The Morgan fingerprint density at radius 2 is 1.47 bits per heavy atom. The van der Waals surface area contributed by atoms with Crippen LogP contribution < -0.4 is 15.8 Å². The van der Waals surface area contributed by atoms with E-state index in [4.69, 9.17) is 0 Å². The summed E-state index contributed by atoms with van der Waals surface area (Å²) in [5.41, 5.74) is 12.6. The number of rotatable bonds is 13. The first-order valence-corrected chi connectivity index (χ1v) is 17.4. The predicted molar refractivity (Wildman–Crippen MR) is 213 cm³/mol. The molecule has 0 spiro atoms. The van der Waals surface area contributed by atoms with Gasteiger partial charge in [-0.15, -0.1) is 0 Å². The van der Waals surface area contributed by atoms with Gasteiger partial charge in [-0.3, -0.25) is 10.3 Å². The monoisotopic (exact) mass is 638 g/mol. The molecule has 2 heteroatoms. The molecule has 0 radical (unpaired) electrons. The molecule has 0 aliphatic heterocycles. The number of aliphatic imine (C=N–C) groups is 1. The molecule has 49 heavy (non-hydrogen) atoms. The third-order valence-electron chi connectivity index (χ3n) is 9.59. The van der Waals surface area contributed by atoms with Crippen LogP contribution in [0.1, 0.15) is 44.7 Å². The minimum Gasteiger partial charge on any atom is -0.288 e. The van der Waals surface area contributed by atoms with Gasteiger partial charge in [-0.1, -0.05) is 153 Å². The number of nitrogens with zero attached hydrogens (tertiary/aromatic N) is 1. The van der Waals surface area contributed by atoms with Crippen LogP contribution >= 0.6 is 0 Å². The van der Waals surface area contributed by atoms with Crippen LogP contribution in [0.15, 0.2) is 162 Å². The molecule has 6 rings (SSSR count). The molecule has 0 saturated carbocycles. The average Bonchev–Trinajstić information content (AvgIpc) is 3.47. The van der Waals surface area contributed by atoms with E-state index in [-0.39, 0.29) is 6.17 Å². The molecule has 5 aromatic rings. The van der Waals surface area contributed by atoms with Crippen molar-refractivity contribution in [2.45, 2.75) is 52.7 Å². The summed E-state index contributed by atoms with van der Waals surface area (Å²) in [4.78, 5) is 4.47. The lowest BCUT2D eigenvalue weighted by Gasteiger charge is -2.16. The SMILES string of the molecule is C=CC(=C\CC(=C/Cc1ccc2c3c(cccc13)-c1ccccc1-2)/C=C(\C)C(N=C)NCc1ccccc1)/C(C)=c1\cccc\c1=C\CC. The predicted octanol–water partition coefficient (Wildman–Crippen LogP) is 10.3. The third kappa shape index (κ3) is 7.41. The fourth-order valence-electron chi connectivity index (χ4n) is 7.05. The number of nitrogens with one attached hydrogen (secondary N) is 1. The quantitative estimate of drug-likeness (QED) is 0.0988. The van der Waals surface area contributed by atoms with E-state index in [2.05, 4.69) is 172 Å². The van der Waals surface area contributed by atoms with Gasteiger partial charge in [0.2, 0.25) is 0 Å². The average molecular weight is 639 g/mol. The van der Waals surface area contributed by atoms with Gasteiger partial charge in [0, 0.05) is 6.54 Å². The summed E-state index contributed by atoms with van der Waals surface area (Å²) >= 11 is 0. The Balaban J connectivity index is 1.37. The summed E-state index contributed by atoms with van der Waals surface area (Å²) in [6.45, 7) is 15.4. The van der Waals surface area contributed by atoms with Crippen molar-refractivity contribution in [1.29, 1.82) is 0 Å². The normalized spacial score (nSPS) is 14.5. The van der Waals surface area contributed by atoms with Crippen molar-refractivity contribution in [2.24, 2.45) is 4.99 Å². The molecular weight excluding hydrogens is 593 g/mol. The van der Waals surface area contributed by atoms with Crippen molar-refractivity contribution in [3.8, 4) is 22.3 Å². The second kappa shape index (κ2) is 15.7. The van der Waals surface area contributed by atoms with Crippen molar-refractivity contribution >= 4 is 29.1 Å². The van der Waals surface area contributed by atoms with Crippen molar-refractivity contribution in [3.05, 3.63) is 178 Å². The van der Waals surface area contributed by atoms with Crippen LogP contribution in [0.3, 0.4) is 0 Å². The molecule has 0 bridgehead atoms. The molecule has 0 amide bonds. The standard InChI is InChI=1S/C47H46N2/c1-6-16-38-19-11-12-20-40(38)34(4)37(7-2)27-25-35(31-33(3)47(48-5)49-32-36-17-9-8-10-18-36)26-28-39-29-30-45-43-22-14-13-21-42(43)44-24-15-23-41(39)46(44)45/h7-24,26-27,29-31,47,49H,2,5-6,25,28,32H2,1,3-4H3/b33-31+,35-26-,37-27+,38-16-,40-34+. The van der Waals surface area contributed by atoms with Crippen LogP contribution in [0.5, 0.6) is 0 Å². The van der Waals surface area contributed by atoms with Crippen LogP contribution in [0.4, 0.5) is 0 Å². The number of hydrogen-bond donors (Lipinski definition) is 1. The molecule has 1 aliphatic carbocycles. The maximum absolute atomic E-state index is 4.47. The molecule has 2 nitrogen and oxygen atoms in total. The topological polar surface area (TPSA) is 24.4 Å². The van der Waals surface area contributed by atoms with Crippen LogP contribution in [-0.2, 0) is 13.0 Å². The highest BCUT2D eigenvalue weighted by molar-refractivity contribution is 6.16. The van der Waals surface area contributed by atoms with E-state index in [0.29, 0.717) is 0 Å². The molecule has 1 unspecified atom stereocenters. The summed E-state index contributed by atoms with van der Waals surface area (Å²) < 4.78 is 0. The fourth-order valence-corrected chi connectivity index (χ4v) is 7.05. The van der Waals surface area contributed by atoms with Crippen LogP contribution in [-0.4, -0.2) is 12.9 Å². The highest BCUT2D eigenvalue weighted by Crippen LogP contribution is 2.47. The molecular formula is C47H46N2. The van der Waals surface area contributed by atoms with E-state index in [1.54, 1.807) is 0 Å². The first kappa shape index (κ1) is 33.6. The number of allylic oxidation sites excluding steroid dienone is 6. The molecule has 1 atom stereocenters. The Kier molecular flexibility index (Phi) is 10.8. The van der Waals surface area contributed by atoms with Gasteiger partial charge < -0.3 is 0 Å². The number of benzene rings is 5. The minimum atomic E-state index is -0.188. The van der Waals surface area contributed by atoms with E-state index in [1.165, 1.54) is 65.7 Å². The number of fused-ring (bicyclic) bond motifs is 3. The molecule has 0 aromatic heterocycles. The molecule has 5 aromatic carbocycles. The molecule has 0 heterocycles. The fraction of sp³-hybridized carbons (Fsp3) is 0.170. The highest BCUT2D eigenvalue weighted by Gasteiger charge is 2.21. The van der Waals surface area contributed by atoms with Gasteiger partial charge in [-0.25, -0.2) is 0 Å². The largest absolute Gasteiger partial charge is 0.288 e. The Labute approximate surface area is 292 Å². The zero-order valence-electron chi connectivity index (χ0n) is 29.0. The Bertz CT molecular complexity index is 2180. The lowest BCUT2D eigenvalue weighted by molar-refractivity contribution is 0.592. The van der Waals surface area contributed by atoms with Gasteiger partial charge in [-0.2, -0.15) is 0 Å². The van der Waals surface area contributed by atoms with Gasteiger partial charge in [0.25, 0.3) is 0 Å². The van der Waals surface area contributed by atoms with E-state index in [0.717, 1.165) is 37.0 Å². The molecule has 244 valence electrons. The van der Waals surface area contributed by atoms with Crippen molar-refractivity contribution in [3.63, 3.8) is 0 Å². The lowest BCUT2D eigenvalue weighted by atomic mass is 9.95.